The molecule has 0 radical (unpaired) electrons. The summed E-state index contributed by atoms with van der Waals surface area (Å²) < 4.78 is 26.9. The molecule has 7 nitrogen and oxygen atoms in total. The first kappa shape index (κ1) is 19.5. The molecular formula is C17H16N4O3S3. The summed E-state index contributed by atoms with van der Waals surface area (Å²) >= 11 is 2.36. The van der Waals surface area contributed by atoms with E-state index in [1.54, 1.807) is 42.1 Å². The van der Waals surface area contributed by atoms with Crippen LogP contribution in [0.5, 0.6) is 0 Å². The number of hydrogen-bond acceptors (Lipinski definition) is 7. The van der Waals surface area contributed by atoms with E-state index in [0.717, 1.165) is 16.2 Å². The van der Waals surface area contributed by atoms with Crippen LogP contribution < -0.4 is 10.0 Å². The maximum absolute atomic E-state index is 12.3. The molecule has 1 amide bonds. The number of carbonyl (C=O) groups excluding carboxylic acids is 1. The van der Waals surface area contributed by atoms with Gasteiger partial charge in [-0.15, -0.1) is 22.0 Å². The van der Waals surface area contributed by atoms with Gasteiger partial charge in [-0.3, -0.25) is 10.1 Å². The molecule has 0 aliphatic carbocycles. The van der Waals surface area contributed by atoms with Gasteiger partial charge in [0.25, 0.3) is 15.9 Å². The Morgan fingerprint density at radius 2 is 1.67 bits per heavy atom. The second-order valence-electron chi connectivity index (χ2n) is 5.25. The molecule has 2 N–H and O–H groups in total. The average molecular weight is 421 g/mol. The summed E-state index contributed by atoms with van der Waals surface area (Å²) in [6, 6.07) is 18.3. The first-order chi connectivity index (χ1) is 13.0. The zero-order chi connectivity index (χ0) is 19.1. The van der Waals surface area contributed by atoms with Gasteiger partial charge in [-0.1, -0.05) is 47.7 Å². The van der Waals surface area contributed by atoms with Crippen LogP contribution in [0.15, 0.2) is 69.9 Å². The van der Waals surface area contributed by atoms with Crippen molar-refractivity contribution in [1.29, 1.82) is 0 Å². The molecule has 0 atom stereocenters. The molecule has 1 heterocycles. The average Bonchev–Trinajstić information content (AvgIpc) is 3.16. The molecular weight excluding hydrogens is 404 g/mol. The highest BCUT2D eigenvalue weighted by molar-refractivity contribution is 7.99. The summed E-state index contributed by atoms with van der Waals surface area (Å²) in [7, 11) is -3.76. The first-order valence-electron chi connectivity index (χ1n) is 7.92. The molecule has 0 aliphatic rings. The van der Waals surface area contributed by atoms with Gasteiger partial charge in [0.05, 0.1) is 0 Å². The second kappa shape index (κ2) is 9.09. The molecule has 0 aliphatic heterocycles. The lowest BCUT2D eigenvalue weighted by molar-refractivity contribution is 0.102. The molecule has 27 heavy (non-hydrogen) atoms. The molecule has 0 unspecified atom stereocenters. The molecule has 10 heteroatoms. The molecule has 140 valence electrons. The normalized spacial score (nSPS) is 11.3. The van der Waals surface area contributed by atoms with E-state index in [9.17, 15) is 13.2 Å². The lowest BCUT2D eigenvalue weighted by atomic mass is 10.2. The minimum Gasteiger partial charge on any atom is -0.296 e. The SMILES string of the molecule is O=C(Nc1nnc(S(=O)(=O)NCCSc2ccccc2)s1)c1ccccc1. The van der Waals surface area contributed by atoms with Crippen LogP contribution in [-0.4, -0.2) is 36.8 Å². The van der Waals surface area contributed by atoms with Gasteiger partial charge in [0.2, 0.25) is 9.47 Å². The molecule has 0 spiro atoms. The van der Waals surface area contributed by atoms with E-state index in [1.807, 2.05) is 30.3 Å². The van der Waals surface area contributed by atoms with Gasteiger partial charge in [0.1, 0.15) is 0 Å². The third-order valence-electron chi connectivity index (χ3n) is 3.30. The van der Waals surface area contributed by atoms with E-state index in [2.05, 4.69) is 20.2 Å². The van der Waals surface area contributed by atoms with Gasteiger partial charge in [0, 0.05) is 22.8 Å². The highest BCUT2D eigenvalue weighted by Gasteiger charge is 2.20. The predicted octanol–water partition coefficient (Wildman–Crippen LogP) is 2.86. The van der Waals surface area contributed by atoms with Gasteiger partial charge in [0.15, 0.2) is 0 Å². The predicted molar refractivity (Wildman–Crippen MR) is 107 cm³/mol. The summed E-state index contributed by atoms with van der Waals surface area (Å²) in [4.78, 5) is 13.1. The Labute approximate surface area is 165 Å². The fourth-order valence-electron chi connectivity index (χ4n) is 2.05. The van der Waals surface area contributed by atoms with E-state index < -0.39 is 10.0 Å². The maximum Gasteiger partial charge on any atom is 0.269 e. The molecule has 0 fully saturated rings. The highest BCUT2D eigenvalue weighted by atomic mass is 32.2. The van der Waals surface area contributed by atoms with Gasteiger partial charge in [-0.25, -0.2) is 13.1 Å². The number of amides is 1. The number of rotatable bonds is 8. The number of sulfonamides is 1. The van der Waals surface area contributed by atoms with Crippen LogP contribution in [0, 0.1) is 0 Å². The highest BCUT2D eigenvalue weighted by Crippen LogP contribution is 2.21. The quantitative estimate of drug-likeness (QED) is 0.330. The van der Waals surface area contributed by atoms with Crippen molar-refractivity contribution in [2.24, 2.45) is 0 Å². The Morgan fingerprint density at radius 1 is 1.00 bits per heavy atom. The second-order valence-corrected chi connectivity index (χ2v) is 9.34. The molecule has 0 saturated heterocycles. The number of benzene rings is 2. The van der Waals surface area contributed by atoms with Crippen molar-refractivity contribution in [2.75, 3.05) is 17.6 Å². The van der Waals surface area contributed by atoms with Crippen LogP contribution in [0.2, 0.25) is 0 Å². The summed E-state index contributed by atoms with van der Waals surface area (Å²) in [5.41, 5.74) is 0.452. The fourth-order valence-corrected chi connectivity index (χ4v) is 4.94. The van der Waals surface area contributed by atoms with Crippen molar-refractivity contribution >= 4 is 44.2 Å². The van der Waals surface area contributed by atoms with Crippen molar-refractivity contribution in [3.63, 3.8) is 0 Å². The van der Waals surface area contributed by atoms with Crippen molar-refractivity contribution in [1.82, 2.24) is 14.9 Å². The van der Waals surface area contributed by atoms with E-state index >= 15 is 0 Å². The number of nitrogens with one attached hydrogen (secondary N) is 2. The minimum absolute atomic E-state index is 0.128. The van der Waals surface area contributed by atoms with Gasteiger partial charge >= 0.3 is 0 Å². The van der Waals surface area contributed by atoms with Crippen LogP contribution in [0.3, 0.4) is 0 Å². The number of nitrogens with zero attached hydrogens (tertiary/aromatic N) is 2. The van der Waals surface area contributed by atoms with Gasteiger partial charge in [-0.2, -0.15) is 0 Å². The minimum atomic E-state index is -3.76. The Morgan fingerprint density at radius 3 is 2.37 bits per heavy atom. The number of thioether (sulfide) groups is 1. The largest absolute Gasteiger partial charge is 0.296 e. The van der Waals surface area contributed by atoms with Gasteiger partial charge in [-0.05, 0) is 24.3 Å². The molecule has 1 aromatic heterocycles. The summed E-state index contributed by atoms with van der Waals surface area (Å²) in [6.45, 7) is 0.257. The summed E-state index contributed by atoms with van der Waals surface area (Å²) in [5, 5.41) is 10.1. The molecule has 3 rings (SSSR count). The number of carbonyl (C=O) groups is 1. The Hall–Kier alpha value is -2.27. The van der Waals surface area contributed by atoms with E-state index in [1.165, 1.54) is 0 Å². The lowest BCUT2D eigenvalue weighted by Crippen LogP contribution is -2.25. The molecule has 0 saturated carbocycles. The van der Waals surface area contributed by atoms with Crippen molar-refractivity contribution in [3.05, 3.63) is 66.2 Å². The van der Waals surface area contributed by atoms with Crippen LogP contribution in [0.4, 0.5) is 5.13 Å². The summed E-state index contributed by atoms with van der Waals surface area (Å²) in [6.07, 6.45) is 0. The zero-order valence-electron chi connectivity index (χ0n) is 14.0. The molecule has 2 aromatic carbocycles. The van der Waals surface area contributed by atoms with Crippen LogP contribution >= 0.6 is 23.1 Å². The van der Waals surface area contributed by atoms with Crippen LogP contribution in [0.25, 0.3) is 0 Å². The van der Waals surface area contributed by atoms with Crippen molar-refractivity contribution < 1.29 is 13.2 Å². The third-order valence-corrected chi connectivity index (χ3v) is 6.98. The summed E-state index contributed by atoms with van der Waals surface area (Å²) in [5.74, 6) is 0.211. The Kier molecular flexibility index (Phi) is 6.56. The van der Waals surface area contributed by atoms with Crippen LogP contribution in [-0.2, 0) is 10.0 Å². The van der Waals surface area contributed by atoms with E-state index in [4.69, 9.17) is 0 Å². The zero-order valence-corrected chi connectivity index (χ0v) is 16.5. The Bertz CT molecular complexity index is 993. The van der Waals surface area contributed by atoms with Crippen molar-refractivity contribution in [3.8, 4) is 0 Å². The number of aromatic nitrogens is 2. The van der Waals surface area contributed by atoms with E-state index in [-0.39, 0.29) is 21.9 Å². The number of hydrogen-bond donors (Lipinski definition) is 2. The lowest BCUT2D eigenvalue weighted by Gasteiger charge is -2.03. The monoisotopic (exact) mass is 420 g/mol. The maximum atomic E-state index is 12.3. The van der Waals surface area contributed by atoms with Gasteiger partial charge < -0.3 is 0 Å². The number of anilines is 1. The fraction of sp³-hybridized carbons (Fsp3) is 0.118. The standard InChI is InChI=1S/C17H16N4O3S3/c22-15(13-7-3-1-4-8-13)19-16-20-21-17(26-16)27(23,24)18-11-12-25-14-9-5-2-6-10-14/h1-10,18H,11-12H2,(H,19,20,22). The molecule has 0 bridgehead atoms. The molecule has 3 aromatic rings. The van der Waals surface area contributed by atoms with Crippen molar-refractivity contribution in [2.45, 2.75) is 9.24 Å². The Balaban J connectivity index is 1.53. The van der Waals surface area contributed by atoms with E-state index in [0.29, 0.717) is 11.3 Å². The smallest absolute Gasteiger partial charge is 0.269 e. The topological polar surface area (TPSA) is 101 Å². The third kappa shape index (κ3) is 5.60. The van der Waals surface area contributed by atoms with Crippen LogP contribution in [0.1, 0.15) is 10.4 Å². The first-order valence-corrected chi connectivity index (χ1v) is 11.2.